The van der Waals surface area contributed by atoms with E-state index in [9.17, 15) is 4.79 Å². The van der Waals surface area contributed by atoms with E-state index in [0.717, 1.165) is 28.3 Å². The molecule has 10 nitrogen and oxygen atoms in total. The number of para-hydroxylation sites is 1. The van der Waals surface area contributed by atoms with E-state index in [4.69, 9.17) is 4.74 Å². The second-order valence-electron chi connectivity index (χ2n) is 8.08. The van der Waals surface area contributed by atoms with Gasteiger partial charge in [-0.3, -0.25) is 10.6 Å². The van der Waals surface area contributed by atoms with E-state index < -0.39 is 6.03 Å². The van der Waals surface area contributed by atoms with Crippen molar-refractivity contribution in [1.82, 2.24) is 19.9 Å². The molecule has 0 aliphatic heterocycles. The Balaban J connectivity index is 1.39. The molecule has 0 bridgehead atoms. The summed E-state index contributed by atoms with van der Waals surface area (Å²) < 4.78 is 5.22. The van der Waals surface area contributed by atoms with Gasteiger partial charge in [-0.2, -0.15) is 15.0 Å². The zero-order valence-corrected chi connectivity index (χ0v) is 21.4. The Labute approximate surface area is 223 Å². The van der Waals surface area contributed by atoms with Gasteiger partial charge in [-0.15, -0.1) is 11.3 Å². The molecule has 11 heteroatoms. The number of amides is 2. The van der Waals surface area contributed by atoms with Gasteiger partial charge in [0.1, 0.15) is 5.75 Å². The third kappa shape index (κ3) is 6.20. The Bertz CT molecular complexity index is 1540. The maximum absolute atomic E-state index is 12.7. The van der Waals surface area contributed by atoms with Crippen LogP contribution in [0, 0.1) is 6.92 Å². The Morgan fingerprint density at radius 3 is 2.18 bits per heavy atom. The number of carbonyl (C=O) groups excluding carboxylic acids is 1. The summed E-state index contributed by atoms with van der Waals surface area (Å²) in [5.41, 5.74) is 4.19. The van der Waals surface area contributed by atoms with Crippen molar-refractivity contribution in [2.45, 2.75) is 6.92 Å². The van der Waals surface area contributed by atoms with Crippen LogP contribution in [0.2, 0.25) is 0 Å². The predicted molar refractivity (Wildman–Crippen MR) is 151 cm³/mol. The molecule has 4 N–H and O–H groups in total. The third-order valence-corrected chi connectivity index (χ3v) is 6.15. The predicted octanol–water partition coefficient (Wildman–Crippen LogP) is 6.44. The topological polar surface area (TPSA) is 126 Å². The van der Waals surface area contributed by atoms with Crippen molar-refractivity contribution >= 4 is 51.7 Å². The van der Waals surface area contributed by atoms with Crippen molar-refractivity contribution in [1.29, 1.82) is 0 Å². The molecule has 0 saturated heterocycles. The van der Waals surface area contributed by atoms with Crippen LogP contribution in [0.1, 0.15) is 5.56 Å². The van der Waals surface area contributed by atoms with Crippen LogP contribution < -0.4 is 26.0 Å². The first kappa shape index (κ1) is 24.7. The Morgan fingerprint density at radius 2 is 1.45 bits per heavy atom. The molecule has 38 heavy (non-hydrogen) atoms. The average Bonchev–Trinajstić information content (AvgIpc) is 3.39. The van der Waals surface area contributed by atoms with Crippen molar-refractivity contribution in [3.05, 3.63) is 89.8 Å². The molecule has 0 aliphatic rings. The van der Waals surface area contributed by atoms with Gasteiger partial charge >= 0.3 is 6.03 Å². The number of thiazole rings is 1. The third-order valence-electron chi connectivity index (χ3n) is 5.39. The number of anilines is 6. The molecule has 0 saturated carbocycles. The van der Waals surface area contributed by atoms with Crippen LogP contribution in [0.15, 0.2) is 84.2 Å². The second kappa shape index (κ2) is 11.4. The summed E-state index contributed by atoms with van der Waals surface area (Å²) in [5, 5.41) is 14.3. The average molecular weight is 525 g/mol. The normalized spacial score (nSPS) is 10.5. The molecule has 2 heterocycles. The van der Waals surface area contributed by atoms with Gasteiger partial charge in [-0.05, 0) is 42.8 Å². The lowest BCUT2D eigenvalue weighted by atomic mass is 10.2. The number of carbonyl (C=O) groups is 1. The van der Waals surface area contributed by atoms with Gasteiger partial charge in [-0.1, -0.05) is 48.5 Å². The summed E-state index contributed by atoms with van der Waals surface area (Å²) in [4.78, 5) is 30.6. The largest absolute Gasteiger partial charge is 0.497 e. The molecule has 0 fully saturated rings. The van der Waals surface area contributed by atoms with Crippen molar-refractivity contribution in [3.63, 3.8) is 0 Å². The summed E-state index contributed by atoms with van der Waals surface area (Å²) in [7, 11) is 1.61. The van der Waals surface area contributed by atoms with Crippen LogP contribution >= 0.6 is 11.3 Å². The van der Waals surface area contributed by atoms with E-state index in [0.29, 0.717) is 10.8 Å². The zero-order valence-electron chi connectivity index (χ0n) is 20.6. The van der Waals surface area contributed by atoms with Crippen molar-refractivity contribution < 1.29 is 9.53 Å². The van der Waals surface area contributed by atoms with Crippen molar-refractivity contribution in [2.24, 2.45) is 0 Å². The van der Waals surface area contributed by atoms with Gasteiger partial charge in [0.25, 0.3) is 0 Å². The van der Waals surface area contributed by atoms with Crippen LogP contribution in [0.5, 0.6) is 5.75 Å². The Hall–Kier alpha value is -5.03. The van der Waals surface area contributed by atoms with Gasteiger partial charge in [0, 0.05) is 22.3 Å². The number of aryl methyl sites for hydroxylation is 1. The Kier molecular flexibility index (Phi) is 7.37. The van der Waals surface area contributed by atoms with Crippen LogP contribution in [0.3, 0.4) is 0 Å². The van der Waals surface area contributed by atoms with Crippen LogP contribution in [-0.4, -0.2) is 33.1 Å². The van der Waals surface area contributed by atoms with E-state index in [-0.39, 0.29) is 17.8 Å². The molecule has 190 valence electrons. The van der Waals surface area contributed by atoms with Crippen LogP contribution in [0.4, 0.5) is 39.1 Å². The summed E-state index contributed by atoms with van der Waals surface area (Å²) in [6, 6.07) is 24.2. The highest BCUT2D eigenvalue weighted by Crippen LogP contribution is 2.27. The lowest BCUT2D eigenvalue weighted by molar-refractivity contribution is 0.262. The van der Waals surface area contributed by atoms with Crippen molar-refractivity contribution in [3.8, 4) is 17.0 Å². The monoisotopic (exact) mass is 524 g/mol. The van der Waals surface area contributed by atoms with Gasteiger partial charge in [0.2, 0.25) is 17.8 Å². The maximum atomic E-state index is 12.7. The SMILES string of the molecule is COc1ccc(Nc2nc(NC(=O)Nc3ccccc3C)nc(Nc3nc(-c4ccccc4)cs3)n2)cc1. The van der Waals surface area contributed by atoms with E-state index in [1.165, 1.54) is 11.3 Å². The number of urea groups is 1. The zero-order chi connectivity index (χ0) is 26.3. The summed E-state index contributed by atoms with van der Waals surface area (Å²) in [6.45, 7) is 1.91. The molecule has 2 aromatic heterocycles. The number of nitrogens with one attached hydrogen (secondary N) is 4. The summed E-state index contributed by atoms with van der Waals surface area (Å²) >= 11 is 1.42. The molecule has 5 aromatic rings. The number of hydrogen-bond donors (Lipinski definition) is 4. The van der Waals surface area contributed by atoms with Gasteiger partial charge in [0.15, 0.2) is 5.13 Å². The standard InChI is InChI=1S/C27H24N8O2S/c1-17-8-6-7-11-21(17)29-26(36)34-24-31-23(28-19-12-14-20(37-2)15-13-19)32-25(33-24)35-27-30-22(16-38-27)18-9-4-3-5-10-18/h3-16H,1-2H3,(H4,28,29,30,31,32,33,34,35,36). The van der Waals surface area contributed by atoms with E-state index in [2.05, 4.69) is 41.2 Å². The number of methoxy groups -OCH3 is 1. The second-order valence-corrected chi connectivity index (χ2v) is 8.94. The number of benzene rings is 3. The Morgan fingerprint density at radius 1 is 0.763 bits per heavy atom. The molecular formula is C27H24N8O2S. The van der Waals surface area contributed by atoms with Crippen LogP contribution in [-0.2, 0) is 0 Å². The number of ether oxygens (including phenoxy) is 1. The highest BCUT2D eigenvalue weighted by Gasteiger charge is 2.13. The fraction of sp³-hybridized carbons (Fsp3) is 0.0741. The highest BCUT2D eigenvalue weighted by molar-refractivity contribution is 7.14. The number of aromatic nitrogens is 4. The molecule has 0 spiro atoms. The first-order valence-corrected chi connectivity index (χ1v) is 12.5. The maximum Gasteiger partial charge on any atom is 0.326 e. The fourth-order valence-corrected chi connectivity index (χ4v) is 4.20. The smallest absolute Gasteiger partial charge is 0.326 e. The molecule has 0 unspecified atom stereocenters. The molecular weight excluding hydrogens is 500 g/mol. The molecule has 5 rings (SSSR count). The molecule has 0 atom stereocenters. The molecule has 0 aliphatic carbocycles. The molecule has 2 amide bonds. The van der Waals surface area contributed by atoms with E-state index in [1.54, 1.807) is 7.11 Å². The van der Waals surface area contributed by atoms with Crippen molar-refractivity contribution in [2.75, 3.05) is 28.4 Å². The minimum absolute atomic E-state index is 0.0597. The molecule has 3 aromatic carbocycles. The lowest BCUT2D eigenvalue weighted by Crippen LogP contribution is -2.22. The summed E-state index contributed by atoms with van der Waals surface area (Å²) in [5.74, 6) is 1.24. The highest BCUT2D eigenvalue weighted by atomic mass is 32.1. The number of rotatable bonds is 8. The van der Waals surface area contributed by atoms with Crippen LogP contribution in [0.25, 0.3) is 11.3 Å². The van der Waals surface area contributed by atoms with E-state index >= 15 is 0 Å². The number of nitrogens with zero attached hydrogens (tertiary/aromatic N) is 4. The first-order chi connectivity index (χ1) is 18.6. The fourth-order valence-electron chi connectivity index (χ4n) is 3.48. The van der Waals surface area contributed by atoms with E-state index in [1.807, 2.05) is 91.2 Å². The lowest BCUT2D eigenvalue weighted by Gasteiger charge is -2.12. The van der Waals surface area contributed by atoms with Gasteiger partial charge in [-0.25, -0.2) is 9.78 Å². The minimum atomic E-state index is -0.479. The first-order valence-electron chi connectivity index (χ1n) is 11.6. The quantitative estimate of drug-likeness (QED) is 0.183. The number of hydrogen-bond acceptors (Lipinski definition) is 9. The minimum Gasteiger partial charge on any atom is -0.497 e. The molecule has 0 radical (unpaired) electrons. The van der Waals surface area contributed by atoms with Gasteiger partial charge < -0.3 is 15.4 Å². The summed E-state index contributed by atoms with van der Waals surface area (Å²) in [6.07, 6.45) is 0. The van der Waals surface area contributed by atoms with Gasteiger partial charge in [0.05, 0.1) is 12.8 Å².